The van der Waals surface area contributed by atoms with Gasteiger partial charge in [-0.3, -0.25) is 0 Å². The number of hydrogen-bond donors (Lipinski definition) is 1. The number of fused-ring (bicyclic) bond motifs is 1. The number of nitrogens with one attached hydrogen (secondary N) is 1. The zero-order valence-corrected chi connectivity index (χ0v) is 15.5. The molecule has 0 aliphatic heterocycles. The first-order valence-electron chi connectivity index (χ1n) is 8.75. The van der Waals surface area contributed by atoms with Crippen LogP contribution in [0.1, 0.15) is 21.7 Å². The monoisotopic (exact) mass is 413 g/mol. The summed E-state index contributed by atoms with van der Waals surface area (Å²) < 4.78 is 40.1. The van der Waals surface area contributed by atoms with Crippen molar-refractivity contribution in [3.8, 4) is 11.3 Å². The third kappa shape index (κ3) is 4.81. The molecule has 0 aliphatic rings. The Kier molecular flexibility index (Phi) is 6.12. The molecule has 4 aromatic rings. The smallest absolute Gasteiger partial charge is 0.433 e. The number of carboxylic acids is 1. The zero-order valence-electron chi connectivity index (χ0n) is 15.5. The topological polar surface area (TPSA) is 91.3 Å². The van der Waals surface area contributed by atoms with Gasteiger partial charge in [0, 0.05) is 11.6 Å². The number of aromatic carboxylic acids is 1. The predicted octanol–water partition coefficient (Wildman–Crippen LogP) is 5.35. The Morgan fingerprint density at radius 3 is 2.10 bits per heavy atom. The van der Waals surface area contributed by atoms with Crippen LogP contribution in [0, 0.1) is 0 Å². The molecule has 0 aliphatic carbocycles. The van der Waals surface area contributed by atoms with E-state index in [1.165, 1.54) is 0 Å². The van der Waals surface area contributed by atoms with Crippen LogP contribution in [0.25, 0.3) is 22.6 Å². The standard InChI is InChI=1S/C14H8F3N3O2.C7H8N/c15-14(16,17)11-6-9(8-4-2-1-3-5-8)18-12-7-10(13(21)22)19-20(11)12;8-6-7-4-2-1-3-5-7/h1-7H,(H,21,22);1-5,8H,6H2/q;-1. The average Bonchev–Trinajstić information content (AvgIpc) is 3.18. The molecule has 6 nitrogen and oxygen atoms in total. The van der Waals surface area contributed by atoms with Crippen molar-refractivity contribution < 1.29 is 23.1 Å². The molecule has 0 fully saturated rings. The van der Waals surface area contributed by atoms with E-state index in [1.54, 1.807) is 30.3 Å². The number of carbonyl (C=O) groups is 1. The fourth-order valence-electron chi connectivity index (χ4n) is 2.63. The summed E-state index contributed by atoms with van der Waals surface area (Å²) in [6.07, 6.45) is -4.69. The molecule has 0 bridgehead atoms. The molecule has 0 unspecified atom stereocenters. The van der Waals surface area contributed by atoms with E-state index in [4.69, 9.17) is 10.8 Å². The van der Waals surface area contributed by atoms with Crippen LogP contribution in [0.15, 0.2) is 72.8 Å². The molecule has 2 heterocycles. The Morgan fingerprint density at radius 1 is 1.00 bits per heavy atom. The van der Waals surface area contributed by atoms with Gasteiger partial charge in [-0.05, 0) is 6.07 Å². The molecule has 2 N–H and O–H groups in total. The maximum atomic E-state index is 13.2. The largest absolute Gasteiger partial charge is 0.674 e. The van der Waals surface area contributed by atoms with Crippen molar-refractivity contribution in [1.29, 1.82) is 0 Å². The Balaban J connectivity index is 0.000000269. The summed E-state index contributed by atoms with van der Waals surface area (Å²) in [6, 6.07) is 19.9. The molecular weight excluding hydrogens is 397 g/mol. The van der Waals surface area contributed by atoms with Crippen LogP contribution in [0.5, 0.6) is 0 Å². The predicted molar refractivity (Wildman–Crippen MR) is 105 cm³/mol. The van der Waals surface area contributed by atoms with Gasteiger partial charge in [-0.1, -0.05) is 66.2 Å². The SMILES string of the molecule is O=C(O)c1cc2nc(-c3ccccc3)cc(C(F)(F)F)n2n1.[NH-]Cc1ccccc1. The minimum absolute atomic E-state index is 0.0947. The number of aromatic nitrogens is 3. The highest BCUT2D eigenvalue weighted by molar-refractivity contribution is 5.86. The molecule has 0 radical (unpaired) electrons. The van der Waals surface area contributed by atoms with E-state index in [0.717, 1.165) is 17.7 Å². The second-order valence-electron chi connectivity index (χ2n) is 6.16. The number of rotatable bonds is 3. The van der Waals surface area contributed by atoms with Gasteiger partial charge in [0.15, 0.2) is 17.0 Å². The first kappa shape index (κ1) is 21.0. The fourth-order valence-corrected chi connectivity index (χ4v) is 2.63. The van der Waals surface area contributed by atoms with Crippen molar-refractivity contribution in [3.05, 3.63) is 95.5 Å². The van der Waals surface area contributed by atoms with Crippen molar-refractivity contribution in [1.82, 2.24) is 14.6 Å². The maximum Gasteiger partial charge on any atom is 0.433 e. The van der Waals surface area contributed by atoms with Crippen LogP contribution in [-0.2, 0) is 12.7 Å². The van der Waals surface area contributed by atoms with Crippen LogP contribution in [0.3, 0.4) is 0 Å². The lowest BCUT2D eigenvalue weighted by Crippen LogP contribution is -2.14. The van der Waals surface area contributed by atoms with Crippen LogP contribution >= 0.6 is 0 Å². The normalized spacial score (nSPS) is 11.1. The lowest BCUT2D eigenvalue weighted by Gasteiger charge is -2.10. The molecule has 0 amide bonds. The van der Waals surface area contributed by atoms with Crippen molar-refractivity contribution in [2.75, 3.05) is 0 Å². The molecule has 0 saturated carbocycles. The molecule has 30 heavy (non-hydrogen) atoms. The van der Waals surface area contributed by atoms with Crippen LogP contribution in [-0.4, -0.2) is 25.7 Å². The highest BCUT2D eigenvalue weighted by Crippen LogP contribution is 2.32. The van der Waals surface area contributed by atoms with Crippen LogP contribution < -0.4 is 0 Å². The van der Waals surface area contributed by atoms with E-state index in [-0.39, 0.29) is 11.3 Å². The fraction of sp³-hybridized carbons (Fsp3) is 0.0952. The molecule has 154 valence electrons. The van der Waals surface area contributed by atoms with Crippen molar-refractivity contribution in [2.45, 2.75) is 12.7 Å². The number of alkyl halides is 3. The summed E-state index contributed by atoms with van der Waals surface area (Å²) in [5.41, 5.74) is 6.86. The van der Waals surface area contributed by atoms with Gasteiger partial charge in [-0.25, -0.2) is 14.3 Å². The Labute approximate surface area is 169 Å². The van der Waals surface area contributed by atoms with Gasteiger partial charge in [0.05, 0.1) is 5.69 Å². The van der Waals surface area contributed by atoms with Gasteiger partial charge < -0.3 is 10.8 Å². The van der Waals surface area contributed by atoms with E-state index in [0.29, 0.717) is 16.6 Å². The molecule has 0 saturated heterocycles. The molecule has 2 aromatic heterocycles. The first-order valence-corrected chi connectivity index (χ1v) is 8.75. The van der Waals surface area contributed by atoms with Gasteiger partial charge in [0.25, 0.3) is 0 Å². The molecule has 0 spiro atoms. The van der Waals surface area contributed by atoms with E-state index in [2.05, 4.69) is 10.1 Å². The maximum absolute atomic E-state index is 13.2. The Morgan fingerprint density at radius 2 is 1.60 bits per heavy atom. The number of hydrogen-bond acceptors (Lipinski definition) is 3. The minimum atomic E-state index is -4.69. The van der Waals surface area contributed by atoms with E-state index < -0.39 is 23.5 Å². The third-order valence-electron chi connectivity index (χ3n) is 4.05. The van der Waals surface area contributed by atoms with Gasteiger partial charge in [-0.15, -0.1) is 6.54 Å². The Hall–Kier alpha value is -3.72. The lowest BCUT2D eigenvalue weighted by molar-refractivity contribution is -0.142. The molecular formula is C21H16F3N4O2-. The summed E-state index contributed by atoms with van der Waals surface area (Å²) in [5, 5.41) is 12.3. The van der Waals surface area contributed by atoms with E-state index in [1.807, 2.05) is 30.3 Å². The minimum Gasteiger partial charge on any atom is -0.674 e. The van der Waals surface area contributed by atoms with Gasteiger partial charge in [-0.2, -0.15) is 18.3 Å². The summed E-state index contributed by atoms with van der Waals surface area (Å²) in [5.74, 6) is -1.42. The van der Waals surface area contributed by atoms with Crippen LogP contribution in [0.2, 0.25) is 0 Å². The quantitative estimate of drug-likeness (QED) is 0.490. The highest BCUT2D eigenvalue weighted by Gasteiger charge is 2.35. The summed E-state index contributed by atoms with van der Waals surface area (Å²) >= 11 is 0. The first-order chi connectivity index (χ1) is 14.3. The number of benzene rings is 2. The summed E-state index contributed by atoms with van der Waals surface area (Å²) in [6.45, 7) is 0.390. The van der Waals surface area contributed by atoms with Crippen molar-refractivity contribution in [2.24, 2.45) is 0 Å². The van der Waals surface area contributed by atoms with Crippen LogP contribution in [0.4, 0.5) is 13.2 Å². The summed E-state index contributed by atoms with van der Waals surface area (Å²) in [7, 11) is 0. The van der Waals surface area contributed by atoms with Gasteiger partial charge in [0.1, 0.15) is 0 Å². The second kappa shape index (κ2) is 8.75. The van der Waals surface area contributed by atoms with Gasteiger partial charge in [0.2, 0.25) is 0 Å². The second-order valence-corrected chi connectivity index (χ2v) is 6.16. The van der Waals surface area contributed by atoms with Gasteiger partial charge >= 0.3 is 12.1 Å². The molecule has 2 aromatic carbocycles. The average molecular weight is 413 g/mol. The molecule has 0 atom stereocenters. The Bertz CT molecular complexity index is 1140. The number of carboxylic acid groups (broad SMARTS) is 1. The summed E-state index contributed by atoms with van der Waals surface area (Å²) in [4.78, 5) is 15.0. The number of nitrogens with zero attached hydrogens (tertiary/aromatic N) is 3. The number of halogens is 3. The van der Waals surface area contributed by atoms with E-state index >= 15 is 0 Å². The molecule has 4 rings (SSSR count). The third-order valence-corrected chi connectivity index (χ3v) is 4.05. The zero-order chi connectivity index (χ0) is 21.7. The van der Waals surface area contributed by atoms with Crippen molar-refractivity contribution in [3.63, 3.8) is 0 Å². The highest BCUT2D eigenvalue weighted by atomic mass is 19.4. The van der Waals surface area contributed by atoms with E-state index in [9.17, 15) is 18.0 Å². The lowest BCUT2D eigenvalue weighted by atomic mass is 10.1. The molecule has 9 heteroatoms. The van der Waals surface area contributed by atoms with Crippen molar-refractivity contribution >= 4 is 11.6 Å².